The number of imidazole rings is 2. The quantitative estimate of drug-likeness (QED) is 0.102. The molecule has 4 fully saturated rings. The number of H-pyrrole nitrogens is 2. The monoisotopic (exact) mass is 922 g/mol. The summed E-state index contributed by atoms with van der Waals surface area (Å²) in [5.41, 5.74) is 6.27. The van der Waals surface area contributed by atoms with Crippen molar-refractivity contribution in [2.75, 3.05) is 53.7 Å². The number of benzene rings is 4. The number of likely N-dealkylation sites (tertiary alicyclic amines) is 2. The van der Waals surface area contributed by atoms with E-state index in [1.165, 1.54) is 14.2 Å². The normalized spacial score (nSPS) is 20.1. The average molecular weight is 923 g/mol. The van der Waals surface area contributed by atoms with Gasteiger partial charge in [0, 0.05) is 31.7 Å². The number of carbonyl (C=O) groups excluding carboxylic acids is 4. The fourth-order valence-corrected chi connectivity index (χ4v) is 10.1. The van der Waals surface area contributed by atoms with E-state index in [-0.39, 0.29) is 30.3 Å². The van der Waals surface area contributed by atoms with Gasteiger partial charge in [0.2, 0.25) is 5.91 Å². The highest BCUT2D eigenvalue weighted by Crippen LogP contribution is 2.44. The van der Waals surface area contributed by atoms with Gasteiger partial charge in [0.05, 0.1) is 69.8 Å². The van der Waals surface area contributed by atoms with Crippen LogP contribution in [0.25, 0.3) is 44.4 Å². The number of fused-ring (bicyclic) bond motifs is 1. The van der Waals surface area contributed by atoms with Crippen LogP contribution in [-0.2, 0) is 33.3 Å². The Morgan fingerprint density at radius 1 is 0.676 bits per heavy atom. The summed E-state index contributed by atoms with van der Waals surface area (Å²) in [6.07, 6.45) is 5.60. The number of rotatable bonds is 11. The molecule has 1 unspecified atom stereocenters. The molecule has 2 aromatic heterocycles. The SMILES string of the molecule is COC(=O)NC(C(=O)N1CCC[C@H]1c1ncc(-c2ccc3cc(-c4ccc(-c5cnc([C@@H]6CC7(CN6C(=O)[C@H](NC(=O)OC)c6ccccc6)OCCO7)[nH]5)cc4)ccc3c2)[nH]1)C1CCOCC1. The Morgan fingerprint density at radius 3 is 1.97 bits per heavy atom. The van der Waals surface area contributed by atoms with Gasteiger partial charge in [-0.25, -0.2) is 19.6 Å². The standard InChI is InChI=1S/C51H54N8O9/c1-64-49(62)56-43(33-7-4-3-5-8-33)48(61)59-30-51(67-23-24-68-51)27-42(59)46-53-28-39(54-46)32-12-10-31(11-13-32)35-14-15-37-26-38(17-16-36(37)25-35)40-29-52-45(55-40)41-9-6-20-58(41)47(60)44(57-50(63)65-2)34-18-21-66-22-19-34/h3-5,7-8,10-17,25-26,28-29,34,41-44H,6,9,18-24,27,30H2,1-2H3,(H,52,55)(H,53,54)(H,56,62)(H,57,63)/t41-,42-,43+,44?/m0/s1. The highest BCUT2D eigenvalue weighted by molar-refractivity contribution is 5.91. The molecule has 0 saturated carbocycles. The second-order valence-electron chi connectivity index (χ2n) is 17.7. The van der Waals surface area contributed by atoms with E-state index < -0.39 is 36.1 Å². The second kappa shape index (κ2) is 19.3. The smallest absolute Gasteiger partial charge is 0.407 e. The van der Waals surface area contributed by atoms with E-state index in [9.17, 15) is 19.2 Å². The first-order chi connectivity index (χ1) is 33.2. The molecule has 4 amide bonds. The van der Waals surface area contributed by atoms with Crippen LogP contribution in [0.4, 0.5) is 9.59 Å². The number of nitrogens with one attached hydrogen (secondary N) is 4. The number of nitrogens with zero attached hydrogens (tertiary/aromatic N) is 4. The third-order valence-electron chi connectivity index (χ3n) is 13.7. The molecule has 4 atom stereocenters. The molecule has 4 aromatic carbocycles. The predicted molar refractivity (Wildman–Crippen MR) is 250 cm³/mol. The van der Waals surface area contributed by atoms with Crippen LogP contribution in [-0.4, -0.2) is 119 Å². The highest BCUT2D eigenvalue weighted by atomic mass is 16.7. The first-order valence-corrected chi connectivity index (χ1v) is 23.1. The minimum atomic E-state index is -0.999. The van der Waals surface area contributed by atoms with E-state index in [0.29, 0.717) is 63.6 Å². The lowest BCUT2D eigenvalue weighted by molar-refractivity contribution is -0.153. The van der Waals surface area contributed by atoms with Gasteiger partial charge < -0.3 is 54.1 Å². The molecule has 4 aliphatic rings. The van der Waals surface area contributed by atoms with Crippen molar-refractivity contribution in [3.8, 4) is 33.6 Å². The van der Waals surface area contributed by atoms with Crippen LogP contribution in [0.1, 0.15) is 67.4 Å². The van der Waals surface area contributed by atoms with Crippen LogP contribution in [0.3, 0.4) is 0 Å². The Labute approximate surface area is 392 Å². The summed E-state index contributed by atoms with van der Waals surface area (Å²) in [4.78, 5) is 73.2. The van der Waals surface area contributed by atoms with Crippen LogP contribution in [0.15, 0.2) is 103 Å². The zero-order valence-electron chi connectivity index (χ0n) is 37.9. The number of alkyl carbamates (subject to hydrolysis) is 2. The molecule has 6 heterocycles. The van der Waals surface area contributed by atoms with Crippen LogP contribution in [0.5, 0.6) is 0 Å². The van der Waals surface area contributed by atoms with Crippen molar-refractivity contribution in [2.24, 2.45) is 5.92 Å². The van der Waals surface area contributed by atoms with Gasteiger partial charge in [-0.05, 0) is 76.8 Å². The summed E-state index contributed by atoms with van der Waals surface area (Å²) in [6.45, 7) is 2.70. The molecule has 68 heavy (non-hydrogen) atoms. The van der Waals surface area contributed by atoms with E-state index in [2.05, 4.69) is 69.1 Å². The molecule has 6 aromatic rings. The number of aromatic nitrogens is 4. The summed E-state index contributed by atoms with van der Waals surface area (Å²) in [5, 5.41) is 7.69. The number of carbonyl (C=O) groups is 4. The number of hydrogen-bond acceptors (Lipinski definition) is 11. The van der Waals surface area contributed by atoms with Gasteiger partial charge in [0.15, 0.2) is 5.79 Å². The molecular formula is C51H54N8O9. The molecule has 10 rings (SSSR count). The van der Waals surface area contributed by atoms with Crippen LogP contribution < -0.4 is 10.6 Å². The lowest BCUT2D eigenvalue weighted by Gasteiger charge is -2.34. The number of amides is 4. The maximum atomic E-state index is 14.4. The molecule has 0 radical (unpaired) electrons. The number of ether oxygens (including phenoxy) is 5. The molecule has 0 aliphatic carbocycles. The zero-order chi connectivity index (χ0) is 46.8. The Hall–Kier alpha value is -7.08. The Bertz CT molecular complexity index is 2780. The van der Waals surface area contributed by atoms with E-state index in [1.54, 1.807) is 23.2 Å². The number of methoxy groups -OCH3 is 2. The van der Waals surface area contributed by atoms with Gasteiger partial charge in [-0.3, -0.25) is 9.59 Å². The van der Waals surface area contributed by atoms with Crippen molar-refractivity contribution in [3.05, 3.63) is 121 Å². The van der Waals surface area contributed by atoms with Gasteiger partial charge in [-0.2, -0.15) is 0 Å². The average Bonchev–Trinajstić information content (AvgIpc) is 4.26. The first kappa shape index (κ1) is 44.7. The van der Waals surface area contributed by atoms with Crippen molar-refractivity contribution >= 4 is 34.8 Å². The van der Waals surface area contributed by atoms with Crippen molar-refractivity contribution in [2.45, 2.75) is 62.1 Å². The summed E-state index contributed by atoms with van der Waals surface area (Å²) in [7, 11) is 2.57. The van der Waals surface area contributed by atoms with Crippen molar-refractivity contribution < 1.29 is 42.9 Å². The molecule has 17 heteroatoms. The topological polar surface area (TPSA) is 202 Å². The lowest BCUT2D eigenvalue weighted by Crippen LogP contribution is -2.53. The minimum Gasteiger partial charge on any atom is -0.453 e. The van der Waals surface area contributed by atoms with Gasteiger partial charge >= 0.3 is 12.2 Å². The van der Waals surface area contributed by atoms with E-state index in [0.717, 1.165) is 63.1 Å². The number of aromatic amines is 2. The van der Waals surface area contributed by atoms with Gasteiger partial charge in [0.1, 0.15) is 23.7 Å². The molecule has 4 saturated heterocycles. The van der Waals surface area contributed by atoms with Crippen LogP contribution in [0, 0.1) is 5.92 Å². The Morgan fingerprint density at radius 2 is 1.28 bits per heavy atom. The van der Waals surface area contributed by atoms with Crippen molar-refractivity contribution in [1.29, 1.82) is 0 Å². The van der Waals surface area contributed by atoms with Crippen molar-refractivity contribution in [1.82, 2.24) is 40.4 Å². The molecule has 4 aliphatic heterocycles. The summed E-state index contributed by atoms with van der Waals surface area (Å²) >= 11 is 0. The fourth-order valence-electron chi connectivity index (χ4n) is 10.1. The van der Waals surface area contributed by atoms with Gasteiger partial charge in [0.25, 0.3) is 5.91 Å². The minimum absolute atomic E-state index is 0.0375. The zero-order valence-corrected chi connectivity index (χ0v) is 37.9. The summed E-state index contributed by atoms with van der Waals surface area (Å²) < 4.78 is 27.5. The Kier molecular flexibility index (Phi) is 12.7. The third kappa shape index (κ3) is 9.03. The third-order valence-corrected chi connectivity index (χ3v) is 13.7. The van der Waals surface area contributed by atoms with Gasteiger partial charge in [-0.15, -0.1) is 0 Å². The summed E-state index contributed by atoms with van der Waals surface area (Å²) in [5.74, 6) is -0.165. The van der Waals surface area contributed by atoms with E-state index >= 15 is 0 Å². The van der Waals surface area contributed by atoms with Crippen LogP contribution in [0.2, 0.25) is 0 Å². The Balaban J connectivity index is 0.831. The molecule has 4 N–H and O–H groups in total. The van der Waals surface area contributed by atoms with Crippen LogP contribution >= 0.6 is 0 Å². The second-order valence-corrected chi connectivity index (χ2v) is 17.7. The highest BCUT2D eigenvalue weighted by Gasteiger charge is 2.53. The predicted octanol–water partition coefficient (Wildman–Crippen LogP) is 7.22. The van der Waals surface area contributed by atoms with Crippen molar-refractivity contribution in [3.63, 3.8) is 0 Å². The molecule has 17 nitrogen and oxygen atoms in total. The maximum absolute atomic E-state index is 14.4. The number of hydrogen-bond donors (Lipinski definition) is 4. The summed E-state index contributed by atoms with van der Waals surface area (Å²) in [6, 6.07) is 27.6. The molecule has 352 valence electrons. The molecular weight excluding hydrogens is 869 g/mol. The molecule has 0 bridgehead atoms. The molecule has 1 spiro atoms. The largest absolute Gasteiger partial charge is 0.453 e. The maximum Gasteiger partial charge on any atom is 0.407 e. The van der Waals surface area contributed by atoms with E-state index in [4.69, 9.17) is 33.7 Å². The van der Waals surface area contributed by atoms with E-state index in [1.807, 2.05) is 41.4 Å². The van der Waals surface area contributed by atoms with Gasteiger partial charge in [-0.1, -0.05) is 78.9 Å². The lowest BCUT2D eigenvalue weighted by atomic mass is 9.90. The first-order valence-electron chi connectivity index (χ1n) is 23.1. The fraction of sp³-hybridized carbons (Fsp3) is 0.373.